The van der Waals surface area contributed by atoms with E-state index in [0.29, 0.717) is 27.9 Å². The molecule has 0 aliphatic carbocycles. The van der Waals surface area contributed by atoms with Gasteiger partial charge in [-0.2, -0.15) is 0 Å². The molecule has 230 valence electrons. The number of rotatable bonds is 5. The number of anilines is 3. The summed E-state index contributed by atoms with van der Waals surface area (Å²) >= 11 is 0. The minimum atomic E-state index is -0.640. The summed E-state index contributed by atoms with van der Waals surface area (Å²) in [5, 5.41) is 2.94. The van der Waals surface area contributed by atoms with Gasteiger partial charge >= 0.3 is 0 Å². The Bertz CT molecular complexity index is 3440. The summed E-state index contributed by atoms with van der Waals surface area (Å²) in [5.74, 6) is 0. The Balaban J connectivity index is 1.29. The summed E-state index contributed by atoms with van der Waals surface area (Å²) in [5.41, 5.74) is 2.48. The van der Waals surface area contributed by atoms with Gasteiger partial charge in [-0.25, -0.2) is 0 Å². The van der Waals surface area contributed by atoms with Crippen LogP contribution < -0.4 is 4.90 Å². The van der Waals surface area contributed by atoms with Crippen molar-refractivity contribution in [1.82, 2.24) is 0 Å². The van der Waals surface area contributed by atoms with Gasteiger partial charge in [-0.3, -0.25) is 0 Å². The second-order valence-electron chi connectivity index (χ2n) is 11.7. The number of benzene rings is 8. The van der Waals surface area contributed by atoms with Crippen LogP contribution in [-0.2, 0) is 0 Å². The zero-order valence-electron chi connectivity index (χ0n) is 36.7. The maximum atomic E-state index is 9.68. The topological polar surface area (TPSA) is 29.5 Å². The van der Waals surface area contributed by atoms with Crippen molar-refractivity contribution in [3.8, 4) is 22.3 Å². The van der Waals surface area contributed by atoms with Crippen molar-refractivity contribution >= 4 is 71.7 Å². The van der Waals surface area contributed by atoms with Gasteiger partial charge < -0.3 is 13.7 Å². The average molecular weight is 639 g/mol. The summed E-state index contributed by atoms with van der Waals surface area (Å²) in [4.78, 5) is 1.68. The highest BCUT2D eigenvalue weighted by Gasteiger charge is 2.21. The van der Waals surface area contributed by atoms with Crippen LogP contribution >= 0.6 is 0 Å². The molecule has 0 atom stereocenters. The van der Waals surface area contributed by atoms with E-state index >= 15 is 0 Å². The summed E-state index contributed by atoms with van der Waals surface area (Å²) in [6, 6.07) is 28.4. The van der Waals surface area contributed by atoms with E-state index in [1.165, 1.54) is 0 Å². The molecule has 0 aliphatic heterocycles. The van der Waals surface area contributed by atoms with Crippen LogP contribution in [0.4, 0.5) is 17.1 Å². The lowest BCUT2D eigenvalue weighted by atomic mass is 10.0. The van der Waals surface area contributed by atoms with Gasteiger partial charge in [0.15, 0.2) is 0 Å². The highest BCUT2D eigenvalue weighted by molar-refractivity contribution is 6.19. The van der Waals surface area contributed by atoms with Gasteiger partial charge in [0.2, 0.25) is 0 Å². The second kappa shape index (κ2) is 11.0. The first-order valence-corrected chi connectivity index (χ1v) is 15.7. The maximum absolute atomic E-state index is 9.68. The van der Waals surface area contributed by atoms with Crippen molar-refractivity contribution in [1.29, 1.82) is 0 Å². The number of furan rings is 2. The quantitative estimate of drug-likeness (QED) is 0.188. The molecule has 0 fully saturated rings. The molecule has 0 unspecified atom stereocenters. The van der Waals surface area contributed by atoms with Crippen LogP contribution in [0.5, 0.6) is 0 Å². The van der Waals surface area contributed by atoms with Crippen LogP contribution in [0, 0.1) is 0 Å². The van der Waals surface area contributed by atoms with E-state index < -0.39 is 66.5 Å². The van der Waals surface area contributed by atoms with E-state index in [-0.39, 0.29) is 38.8 Å². The van der Waals surface area contributed by atoms with Gasteiger partial charge in [0.1, 0.15) is 22.3 Å². The number of hydrogen-bond acceptors (Lipinski definition) is 3. The third kappa shape index (κ3) is 4.44. The number of fused-ring (bicyclic) bond motifs is 8. The lowest BCUT2D eigenvalue weighted by molar-refractivity contribution is 0.670. The normalized spacial score (nSPS) is 14.8. The average Bonchev–Trinajstić information content (AvgIpc) is 3.87. The van der Waals surface area contributed by atoms with E-state index in [9.17, 15) is 5.48 Å². The van der Waals surface area contributed by atoms with Gasteiger partial charge in [0, 0.05) is 38.5 Å². The Hall–Kier alpha value is -6.58. The van der Waals surface area contributed by atoms with Gasteiger partial charge in [-0.05, 0) is 70.5 Å². The minimum absolute atomic E-state index is 0.114. The predicted octanol–water partition coefficient (Wildman–Crippen LogP) is 13.4. The first-order chi connectivity index (χ1) is 28.9. The Morgan fingerprint density at radius 1 is 0.449 bits per heavy atom. The van der Waals surface area contributed by atoms with Crippen LogP contribution in [0.3, 0.4) is 0 Å². The van der Waals surface area contributed by atoms with E-state index in [0.717, 1.165) is 27.3 Å². The van der Waals surface area contributed by atoms with E-state index in [4.69, 9.17) is 18.4 Å². The molecule has 49 heavy (non-hydrogen) atoms. The Morgan fingerprint density at radius 2 is 1.22 bits per heavy atom. The monoisotopic (exact) mass is 638 g/mol. The van der Waals surface area contributed by atoms with Crippen molar-refractivity contribution in [2.45, 2.75) is 0 Å². The van der Waals surface area contributed by atoms with Crippen molar-refractivity contribution < 1.29 is 23.9 Å². The molecule has 0 saturated heterocycles. The lowest BCUT2D eigenvalue weighted by Gasteiger charge is -2.27. The summed E-state index contributed by atoms with van der Waals surface area (Å²) in [6.07, 6.45) is 0. The van der Waals surface area contributed by atoms with Crippen LogP contribution in [0.25, 0.3) is 76.9 Å². The summed E-state index contributed by atoms with van der Waals surface area (Å²) < 4.78 is 111. The molecule has 0 bridgehead atoms. The summed E-state index contributed by atoms with van der Waals surface area (Å²) in [6.45, 7) is 0. The zero-order chi connectivity index (χ0) is 41.9. The molecular weight excluding hydrogens is 599 g/mol. The molecule has 0 saturated carbocycles. The molecule has 10 aromatic rings. The standard InChI is InChI=1S/C46H29NO2/c1-2-11-30(12-3-1)33-14-8-15-35(29-33)47(41-20-10-22-43-44(41)40-28-25-31-13-4-5-16-36(31)46(40)49-43)34-26-23-32(24-27-34)37-18-9-19-39-38-17-6-7-21-42(38)48-45(37)39/h1-29H/i6D,7D,9D,17D,18D,19D,21D,23D,24D,26D,27D. The molecule has 3 heteroatoms. The molecule has 0 spiro atoms. The third-order valence-electron chi connectivity index (χ3n) is 8.84. The van der Waals surface area contributed by atoms with E-state index in [2.05, 4.69) is 0 Å². The van der Waals surface area contributed by atoms with Crippen molar-refractivity contribution in [3.63, 3.8) is 0 Å². The molecule has 0 N–H and O–H groups in total. The van der Waals surface area contributed by atoms with Gasteiger partial charge in [-0.15, -0.1) is 0 Å². The fraction of sp³-hybridized carbons (Fsp3) is 0. The predicted molar refractivity (Wildman–Crippen MR) is 204 cm³/mol. The fourth-order valence-electron chi connectivity index (χ4n) is 6.61. The highest BCUT2D eigenvalue weighted by atomic mass is 16.3. The molecule has 8 aromatic carbocycles. The van der Waals surface area contributed by atoms with E-state index in [1.807, 2.05) is 103 Å². The first kappa shape index (κ1) is 18.7. The fourth-order valence-corrected chi connectivity index (χ4v) is 6.61. The van der Waals surface area contributed by atoms with Crippen molar-refractivity contribution in [3.05, 3.63) is 176 Å². The minimum Gasteiger partial charge on any atom is -0.455 e. The highest BCUT2D eigenvalue weighted by Crippen LogP contribution is 2.45. The molecule has 2 aromatic heterocycles. The number of nitrogens with zero attached hydrogens (tertiary/aromatic N) is 1. The third-order valence-corrected chi connectivity index (χ3v) is 8.84. The van der Waals surface area contributed by atoms with Gasteiger partial charge in [0.25, 0.3) is 0 Å². The molecule has 0 amide bonds. The number of hydrogen-bond donors (Lipinski definition) is 0. The van der Waals surface area contributed by atoms with E-state index in [1.54, 1.807) is 11.0 Å². The van der Waals surface area contributed by atoms with Crippen LogP contribution in [0.2, 0.25) is 0 Å². The maximum Gasteiger partial charge on any atom is 0.143 e. The van der Waals surface area contributed by atoms with Gasteiger partial charge in [0.05, 0.1) is 26.2 Å². The molecule has 0 aliphatic rings. The molecule has 3 nitrogen and oxygen atoms in total. The molecular formula is C46H29NO2. The SMILES string of the molecule is [2H]c1c([2H])c(N(c2cccc(-c3ccccc3)c2)c2cccc3oc4c5ccccc5ccc4c23)c([2H])c([2H])c1-c1c([2H])c([2H])c([2H])c2c1oc1c([2H])c([2H])c([2H])c([2H])c12. The smallest absolute Gasteiger partial charge is 0.143 e. The van der Waals surface area contributed by atoms with Crippen molar-refractivity contribution in [2.24, 2.45) is 0 Å². The number of para-hydroxylation sites is 2. The Kier molecular flexibility index (Phi) is 4.19. The summed E-state index contributed by atoms with van der Waals surface area (Å²) in [7, 11) is 0. The van der Waals surface area contributed by atoms with Crippen molar-refractivity contribution in [2.75, 3.05) is 4.90 Å². The van der Waals surface area contributed by atoms with Crippen LogP contribution in [-0.4, -0.2) is 0 Å². The largest absolute Gasteiger partial charge is 0.455 e. The Morgan fingerprint density at radius 3 is 2.14 bits per heavy atom. The lowest BCUT2D eigenvalue weighted by Crippen LogP contribution is -2.10. The second-order valence-corrected chi connectivity index (χ2v) is 11.7. The molecule has 0 radical (unpaired) electrons. The molecule has 2 heterocycles. The van der Waals surface area contributed by atoms with Gasteiger partial charge in [-0.1, -0.05) is 127 Å². The van der Waals surface area contributed by atoms with Crippen LogP contribution in [0.1, 0.15) is 15.1 Å². The van der Waals surface area contributed by atoms with Crippen LogP contribution in [0.15, 0.2) is 184 Å². The first-order valence-electron chi connectivity index (χ1n) is 21.2. The Labute approximate surface area is 298 Å². The zero-order valence-corrected chi connectivity index (χ0v) is 25.7. The molecule has 10 rings (SSSR count).